The molecule has 4 rings (SSSR count). The Morgan fingerprint density at radius 2 is 1.71 bits per heavy atom. The van der Waals surface area contributed by atoms with Crippen molar-refractivity contribution in [1.82, 2.24) is 24.8 Å². The maximum atomic E-state index is 14.0. The number of aryl methyl sites for hydroxylation is 1. The predicted octanol–water partition coefficient (Wildman–Crippen LogP) is 4.81. The second-order valence-corrected chi connectivity index (χ2v) is 10.1. The van der Waals surface area contributed by atoms with Gasteiger partial charge in [-0.05, 0) is 56.9 Å². The fourth-order valence-corrected chi connectivity index (χ4v) is 4.02. The summed E-state index contributed by atoms with van der Waals surface area (Å²) in [5.74, 6) is 0.345. The molecular weight excluding hydrogens is 535 g/mol. The Morgan fingerprint density at radius 1 is 0.951 bits per heavy atom. The monoisotopic (exact) mass is 567 g/mol. The van der Waals surface area contributed by atoms with Crippen LogP contribution in [0.1, 0.15) is 21.5 Å². The number of benzene rings is 2. The van der Waals surface area contributed by atoms with Crippen molar-refractivity contribution in [3.63, 3.8) is 0 Å². The zero-order valence-electron chi connectivity index (χ0n) is 23.7. The van der Waals surface area contributed by atoms with Gasteiger partial charge in [-0.25, -0.2) is 19.9 Å². The number of nitrogens with one attached hydrogen (secondary N) is 2. The van der Waals surface area contributed by atoms with Crippen molar-refractivity contribution >= 4 is 45.8 Å². The van der Waals surface area contributed by atoms with E-state index in [2.05, 4.69) is 30.6 Å². The third-order valence-electron chi connectivity index (χ3n) is 6.37. The quantitative estimate of drug-likeness (QED) is 0.295. The molecule has 0 saturated carbocycles. The number of hydrogen-bond acceptors (Lipinski definition) is 9. The molecule has 2 N–H and O–H groups in total. The third-order valence-corrected chi connectivity index (χ3v) is 6.37. The molecule has 10 nitrogen and oxygen atoms in total. The average Bonchev–Trinajstić information content (AvgIpc) is 2.92. The summed E-state index contributed by atoms with van der Waals surface area (Å²) in [5, 5.41) is 5.81. The number of carbonyl (C=O) groups excluding carboxylic acids is 1. The Bertz CT molecular complexity index is 1560. The van der Waals surface area contributed by atoms with Crippen LogP contribution in [-0.4, -0.2) is 79.1 Å². The Hall–Kier alpha value is -4.52. The van der Waals surface area contributed by atoms with Crippen LogP contribution in [0.15, 0.2) is 48.9 Å². The van der Waals surface area contributed by atoms with E-state index in [1.165, 1.54) is 18.5 Å². The van der Waals surface area contributed by atoms with Crippen LogP contribution in [0.5, 0.6) is 0 Å². The molecule has 0 spiro atoms. The second kappa shape index (κ2) is 11.9. The van der Waals surface area contributed by atoms with Crippen molar-refractivity contribution in [3.05, 3.63) is 65.6 Å². The number of halogens is 3. The van der Waals surface area contributed by atoms with Gasteiger partial charge >= 0.3 is 6.18 Å². The van der Waals surface area contributed by atoms with Crippen LogP contribution < -0.4 is 20.4 Å². The van der Waals surface area contributed by atoms with E-state index >= 15 is 0 Å². The molecule has 1 amide bonds. The SMILES string of the molecule is Cc1ccc(C(=O)Nc2ccc(N(C)CCN(C)C)c(C(F)(F)F)c2)cc1Nc1ncnc2cnc(N(C)C)nc12. The molecule has 2 heterocycles. The molecule has 41 heavy (non-hydrogen) atoms. The van der Waals surface area contributed by atoms with Crippen LogP contribution in [0.2, 0.25) is 0 Å². The average molecular weight is 568 g/mol. The van der Waals surface area contributed by atoms with Gasteiger partial charge in [0.05, 0.1) is 11.8 Å². The molecule has 216 valence electrons. The molecule has 13 heteroatoms. The van der Waals surface area contributed by atoms with Gasteiger partial charge in [-0.1, -0.05) is 6.07 Å². The number of amides is 1. The molecule has 0 aliphatic heterocycles. The first-order chi connectivity index (χ1) is 19.3. The lowest BCUT2D eigenvalue weighted by Gasteiger charge is -2.25. The van der Waals surface area contributed by atoms with Gasteiger partial charge in [0.1, 0.15) is 17.4 Å². The minimum Gasteiger partial charge on any atom is -0.373 e. The second-order valence-electron chi connectivity index (χ2n) is 10.1. The van der Waals surface area contributed by atoms with Gasteiger partial charge in [-0.2, -0.15) is 13.2 Å². The molecule has 0 fully saturated rings. The van der Waals surface area contributed by atoms with Crippen LogP contribution >= 0.6 is 0 Å². The first kappa shape index (κ1) is 29.5. The van der Waals surface area contributed by atoms with E-state index in [0.717, 1.165) is 11.6 Å². The number of fused-ring (bicyclic) bond motifs is 1. The van der Waals surface area contributed by atoms with Gasteiger partial charge in [-0.15, -0.1) is 0 Å². The van der Waals surface area contributed by atoms with E-state index in [1.54, 1.807) is 41.2 Å². The summed E-state index contributed by atoms with van der Waals surface area (Å²) in [6, 6.07) is 8.76. The third kappa shape index (κ3) is 6.98. The van der Waals surface area contributed by atoms with Crippen LogP contribution in [0.3, 0.4) is 0 Å². The Kier molecular flexibility index (Phi) is 8.57. The molecule has 4 aromatic rings. The molecule has 0 bridgehead atoms. The van der Waals surface area contributed by atoms with Crippen molar-refractivity contribution < 1.29 is 18.0 Å². The van der Waals surface area contributed by atoms with Gasteiger partial charge in [0.2, 0.25) is 5.95 Å². The number of anilines is 5. The van der Waals surface area contributed by atoms with Crippen molar-refractivity contribution in [3.8, 4) is 0 Å². The number of carbonyl (C=O) groups is 1. The first-order valence-electron chi connectivity index (χ1n) is 12.7. The molecule has 2 aromatic carbocycles. The maximum absolute atomic E-state index is 14.0. The fourth-order valence-electron chi connectivity index (χ4n) is 4.02. The fraction of sp³-hybridized carbons (Fsp3) is 0.321. The van der Waals surface area contributed by atoms with Crippen LogP contribution in [0.25, 0.3) is 11.0 Å². The van der Waals surface area contributed by atoms with Crippen molar-refractivity contribution in [1.29, 1.82) is 0 Å². The molecule has 0 aliphatic carbocycles. The molecule has 0 unspecified atom stereocenters. The number of alkyl halides is 3. The highest BCUT2D eigenvalue weighted by Gasteiger charge is 2.35. The number of nitrogens with zero attached hydrogens (tertiary/aromatic N) is 7. The number of rotatable bonds is 9. The van der Waals surface area contributed by atoms with E-state index in [-0.39, 0.29) is 16.9 Å². The van der Waals surface area contributed by atoms with E-state index in [1.807, 2.05) is 40.0 Å². The maximum Gasteiger partial charge on any atom is 0.418 e. The van der Waals surface area contributed by atoms with Gasteiger partial charge in [0.25, 0.3) is 5.91 Å². The minimum atomic E-state index is -4.60. The van der Waals surface area contributed by atoms with Crippen molar-refractivity contribution in [2.45, 2.75) is 13.1 Å². The largest absolute Gasteiger partial charge is 0.418 e. The highest BCUT2D eigenvalue weighted by Crippen LogP contribution is 2.38. The summed E-state index contributed by atoms with van der Waals surface area (Å²) in [4.78, 5) is 35.7. The Balaban J connectivity index is 1.59. The summed E-state index contributed by atoms with van der Waals surface area (Å²) < 4.78 is 41.9. The van der Waals surface area contributed by atoms with Crippen LogP contribution in [0, 0.1) is 6.92 Å². The molecule has 0 atom stereocenters. The highest BCUT2D eigenvalue weighted by atomic mass is 19.4. The van der Waals surface area contributed by atoms with E-state index in [9.17, 15) is 18.0 Å². The van der Waals surface area contributed by atoms with Gasteiger partial charge in [0, 0.05) is 56.9 Å². The standard InChI is InChI=1S/C28H32F3N9O/c1-17-7-8-18(13-21(17)36-25-24-22(33-16-34-25)15-32-27(37-24)39(4)5)26(41)35-19-9-10-23(20(14-19)28(29,30)31)40(6)12-11-38(2)3/h7-10,13-16H,11-12H2,1-6H3,(H,35,41)(H,33,34,36). The molecule has 0 aliphatic rings. The Labute approximate surface area is 236 Å². The Morgan fingerprint density at radius 3 is 2.39 bits per heavy atom. The first-order valence-corrected chi connectivity index (χ1v) is 12.7. The summed E-state index contributed by atoms with van der Waals surface area (Å²) in [5.41, 5.74) is 1.94. The van der Waals surface area contributed by atoms with Gasteiger partial charge in [0.15, 0.2) is 5.82 Å². The summed E-state index contributed by atoms with van der Waals surface area (Å²) in [6.45, 7) is 2.85. The van der Waals surface area contributed by atoms with Gasteiger partial charge in [-0.3, -0.25) is 4.79 Å². The molecule has 0 radical (unpaired) electrons. The minimum absolute atomic E-state index is 0.0388. The zero-order chi connectivity index (χ0) is 29.9. The van der Waals surface area contributed by atoms with Crippen molar-refractivity contribution in [2.75, 3.05) is 68.8 Å². The van der Waals surface area contributed by atoms with E-state index in [4.69, 9.17) is 0 Å². The molecular formula is C28H32F3N9O. The lowest BCUT2D eigenvalue weighted by molar-refractivity contribution is -0.137. The predicted molar refractivity (Wildman–Crippen MR) is 155 cm³/mol. The van der Waals surface area contributed by atoms with Crippen LogP contribution in [-0.2, 0) is 6.18 Å². The number of aromatic nitrogens is 4. The summed E-state index contributed by atoms with van der Waals surface area (Å²) in [6.07, 6.45) is -1.61. The smallest absolute Gasteiger partial charge is 0.373 e. The number of hydrogen-bond donors (Lipinski definition) is 2. The zero-order valence-corrected chi connectivity index (χ0v) is 23.7. The van der Waals surface area contributed by atoms with E-state index in [0.29, 0.717) is 41.6 Å². The number of likely N-dealkylation sites (N-methyl/N-ethyl adjacent to an activating group) is 2. The topological polar surface area (TPSA) is 102 Å². The lowest BCUT2D eigenvalue weighted by Crippen LogP contribution is -2.30. The van der Waals surface area contributed by atoms with Gasteiger partial charge < -0.3 is 25.3 Å². The summed E-state index contributed by atoms with van der Waals surface area (Å²) >= 11 is 0. The summed E-state index contributed by atoms with van der Waals surface area (Å²) in [7, 11) is 8.96. The van der Waals surface area contributed by atoms with E-state index < -0.39 is 17.6 Å². The highest BCUT2D eigenvalue weighted by molar-refractivity contribution is 6.05. The van der Waals surface area contributed by atoms with Crippen LogP contribution in [0.4, 0.5) is 42.0 Å². The lowest BCUT2D eigenvalue weighted by atomic mass is 10.1. The normalized spacial score (nSPS) is 11.6. The molecule has 2 aromatic heterocycles. The molecule has 0 saturated heterocycles. The van der Waals surface area contributed by atoms with Crippen molar-refractivity contribution in [2.24, 2.45) is 0 Å².